The number of hydrogen-bond donors (Lipinski definition) is 1. The molecule has 1 saturated heterocycles. The number of aliphatic hydroxyl groups is 1. The molecule has 1 aliphatic heterocycles. The van der Waals surface area contributed by atoms with Gasteiger partial charge in [-0.2, -0.15) is 5.10 Å². The number of benzene rings is 1. The van der Waals surface area contributed by atoms with Crippen LogP contribution in [0.25, 0.3) is 5.69 Å². The van der Waals surface area contributed by atoms with Crippen LogP contribution in [0.5, 0.6) is 0 Å². The number of hydrogen-bond acceptors (Lipinski definition) is 3. The minimum atomic E-state index is 0.298. The minimum Gasteiger partial charge on any atom is -0.396 e. The minimum absolute atomic E-state index is 0.298. The lowest BCUT2D eigenvalue weighted by molar-refractivity contribution is 0.0771. The fourth-order valence-electron chi connectivity index (χ4n) is 3.03. The molecular formula is C17H23N3O. The van der Waals surface area contributed by atoms with Gasteiger partial charge in [-0.15, -0.1) is 0 Å². The van der Waals surface area contributed by atoms with E-state index in [-0.39, 0.29) is 0 Å². The van der Waals surface area contributed by atoms with E-state index in [1.807, 2.05) is 29.1 Å². The maximum atomic E-state index is 9.37. The van der Waals surface area contributed by atoms with Gasteiger partial charge in [0.05, 0.1) is 11.9 Å². The molecule has 21 heavy (non-hydrogen) atoms. The average molecular weight is 285 g/mol. The molecule has 0 saturated carbocycles. The van der Waals surface area contributed by atoms with Gasteiger partial charge in [0, 0.05) is 37.5 Å². The maximum Gasteiger partial charge on any atom is 0.0645 e. The number of nitrogens with zero attached hydrogens (tertiary/aromatic N) is 3. The third-order valence-electron chi connectivity index (χ3n) is 4.41. The van der Waals surface area contributed by atoms with Crippen molar-refractivity contribution < 1.29 is 5.11 Å². The molecule has 2 atom stereocenters. The van der Waals surface area contributed by atoms with Crippen LogP contribution in [0, 0.1) is 5.92 Å². The first-order valence-corrected chi connectivity index (χ1v) is 7.70. The van der Waals surface area contributed by atoms with Crippen molar-refractivity contribution in [2.24, 2.45) is 5.92 Å². The second-order valence-electron chi connectivity index (χ2n) is 6.03. The predicted octanol–water partition coefficient (Wildman–Crippen LogP) is 2.47. The zero-order valence-corrected chi connectivity index (χ0v) is 12.5. The molecule has 3 rings (SSSR count). The van der Waals surface area contributed by atoms with E-state index in [0.29, 0.717) is 18.6 Å². The van der Waals surface area contributed by atoms with Gasteiger partial charge in [0.2, 0.25) is 0 Å². The van der Waals surface area contributed by atoms with Crippen molar-refractivity contribution in [1.29, 1.82) is 0 Å². The summed E-state index contributed by atoms with van der Waals surface area (Å²) in [5, 5.41) is 13.8. The summed E-state index contributed by atoms with van der Waals surface area (Å²) in [6.07, 6.45) is 6.35. The zero-order chi connectivity index (χ0) is 14.7. The highest BCUT2D eigenvalue weighted by atomic mass is 16.3. The van der Waals surface area contributed by atoms with Gasteiger partial charge in [-0.1, -0.05) is 18.2 Å². The van der Waals surface area contributed by atoms with Crippen molar-refractivity contribution in [2.45, 2.75) is 32.4 Å². The highest BCUT2D eigenvalue weighted by Gasteiger charge is 2.25. The van der Waals surface area contributed by atoms with Gasteiger partial charge < -0.3 is 5.11 Å². The number of likely N-dealkylation sites (tertiary alicyclic amines) is 1. The van der Waals surface area contributed by atoms with Crippen LogP contribution >= 0.6 is 0 Å². The smallest absolute Gasteiger partial charge is 0.0645 e. The van der Waals surface area contributed by atoms with Crippen molar-refractivity contribution in [3.8, 4) is 5.69 Å². The molecule has 0 aliphatic carbocycles. The molecule has 0 spiro atoms. The summed E-state index contributed by atoms with van der Waals surface area (Å²) >= 11 is 0. The van der Waals surface area contributed by atoms with E-state index in [2.05, 4.69) is 35.3 Å². The second-order valence-corrected chi connectivity index (χ2v) is 6.03. The first-order chi connectivity index (χ1) is 10.3. The molecule has 0 amide bonds. The lowest BCUT2D eigenvalue weighted by Gasteiger charge is -2.37. The van der Waals surface area contributed by atoms with Crippen molar-refractivity contribution in [1.82, 2.24) is 14.7 Å². The van der Waals surface area contributed by atoms with Crippen LogP contribution < -0.4 is 0 Å². The Morgan fingerprint density at radius 1 is 1.24 bits per heavy atom. The standard InChI is InChI=1S/C17H23N3O/c1-14-7-8-15(13-21)10-19(14)11-16-9-18-20(12-16)17-5-3-2-4-6-17/h2-6,9,12,14-15,21H,7-8,10-11,13H2,1H3. The SMILES string of the molecule is CC1CCC(CO)CN1Cc1cnn(-c2ccccc2)c1. The largest absolute Gasteiger partial charge is 0.396 e. The van der Waals surface area contributed by atoms with Crippen LogP contribution in [0.3, 0.4) is 0 Å². The van der Waals surface area contributed by atoms with Crippen LogP contribution in [0.2, 0.25) is 0 Å². The van der Waals surface area contributed by atoms with Gasteiger partial charge in [0.25, 0.3) is 0 Å². The molecule has 0 bridgehead atoms. The Labute approximate surface area is 126 Å². The van der Waals surface area contributed by atoms with Crippen LogP contribution in [0.1, 0.15) is 25.3 Å². The van der Waals surface area contributed by atoms with E-state index in [4.69, 9.17) is 0 Å². The van der Waals surface area contributed by atoms with Crippen LogP contribution in [-0.4, -0.2) is 39.0 Å². The average Bonchev–Trinajstić information content (AvgIpc) is 2.99. The summed E-state index contributed by atoms with van der Waals surface area (Å²) in [5.41, 5.74) is 2.31. The van der Waals surface area contributed by atoms with E-state index in [1.54, 1.807) is 0 Å². The van der Waals surface area contributed by atoms with Crippen LogP contribution in [-0.2, 0) is 6.54 Å². The fourth-order valence-corrected chi connectivity index (χ4v) is 3.03. The first kappa shape index (κ1) is 14.3. The monoisotopic (exact) mass is 285 g/mol. The fraction of sp³-hybridized carbons (Fsp3) is 0.471. The Morgan fingerprint density at radius 2 is 2.05 bits per heavy atom. The molecule has 1 aromatic carbocycles. The molecule has 4 nitrogen and oxygen atoms in total. The van der Waals surface area contributed by atoms with Gasteiger partial charge in [-0.3, -0.25) is 4.90 Å². The van der Waals surface area contributed by atoms with E-state index in [9.17, 15) is 5.11 Å². The molecular weight excluding hydrogens is 262 g/mol. The summed E-state index contributed by atoms with van der Waals surface area (Å²) < 4.78 is 1.92. The molecule has 4 heteroatoms. The number of aromatic nitrogens is 2. The predicted molar refractivity (Wildman–Crippen MR) is 83.2 cm³/mol. The number of piperidine rings is 1. The van der Waals surface area contributed by atoms with E-state index in [0.717, 1.165) is 31.6 Å². The Balaban J connectivity index is 1.69. The molecule has 1 aromatic heterocycles. The lowest BCUT2D eigenvalue weighted by atomic mass is 9.94. The summed E-state index contributed by atoms with van der Waals surface area (Å²) in [5.74, 6) is 0.422. The zero-order valence-electron chi connectivity index (χ0n) is 12.5. The van der Waals surface area contributed by atoms with E-state index in [1.165, 1.54) is 5.56 Å². The Morgan fingerprint density at radius 3 is 2.81 bits per heavy atom. The van der Waals surface area contributed by atoms with Crippen molar-refractivity contribution in [3.63, 3.8) is 0 Å². The third-order valence-corrected chi connectivity index (χ3v) is 4.41. The van der Waals surface area contributed by atoms with Crippen LogP contribution in [0.4, 0.5) is 0 Å². The highest BCUT2D eigenvalue weighted by Crippen LogP contribution is 2.23. The molecule has 1 fully saturated rings. The quantitative estimate of drug-likeness (QED) is 0.938. The van der Waals surface area contributed by atoms with Crippen molar-refractivity contribution >= 4 is 0 Å². The van der Waals surface area contributed by atoms with Gasteiger partial charge in [0.15, 0.2) is 0 Å². The van der Waals surface area contributed by atoms with Crippen molar-refractivity contribution in [3.05, 3.63) is 48.3 Å². The van der Waals surface area contributed by atoms with Gasteiger partial charge in [-0.05, 0) is 37.8 Å². The summed E-state index contributed by atoms with van der Waals surface area (Å²) in [6, 6.07) is 10.8. The maximum absolute atomic E-state index is 9.37. The lowest BCUT2D eigenvalue weighted by Crippen LogP contribution is -2.42. The highest BCUT2D eigenvalue weighted by molar-refractivity contribution is 5.30. The Bertz CT molecular complexity index is 566. The number of rotatable bonds is 4. The first-order valence-electron chi connectivity index (χ1n) is 7.70. The molecule has 0 radical (unpaired) electrons. The van der Waals surface area contributed by atoms with Gasteiger partial charge in [0.1, 0.15) is 0 Å². The van der Waals surface area contributed by atoms with E-state index >= 15 is 0 Å². The summed E-state index contributed by atoms with van der Waals surface area (Å²) in [7, 11) is 0. The molecule has 2 heterocycles. The number of aliphatic hydroxyl groups excluding tert-OH is 1. The molecule has 1 aliphatic rings. The molecule has 2 aromatic rings. The normalized spacial score (nSPS) is 23.3. The topological polar surface area (TPSA) is 41.3 Å². The van der Waals surface area contributed by atoms with Gasteiger partial charge in [-0.25, -0.2) is 4.68 Å². The third kappa shape index (κ3) is 3.34. The summed E-state index contributed by atoms with van der Waals surface area (Å²) in [4.78, 5) is 2.46. The van der Waals surface area contributed by atoms with Gasteiger partial charge >= 0.3 is 0 Å². The van der Waals surface area contributed by atoms with Crippen LogP contribution in [0.15, 0.2) is 42.7 Å². The molecule has 1 N–H and O–H groups in total. The van der Waals surface area contributed by atoms with Crippen molar-refractivity contribution in [2.75, 3.05) is 13.2 Å². The number of para-hydroxylation sites is 1. The second kappa shape index (κ2) is 6.41. The molecule has 2 unspecified atom stereocenters. The summed E-state index contributed by atoms with van der Waals surface area (Å²) in [6.45, 7) is 4.46. The Hall–Kier alpha value is -1.65. The molecule has 112 valence electrons. The van der Waals surface area contributed by atoms with E-state index < -0.39 is 0 Å². The Kier molecular flexibility index (Phi) is 4.36.